The number of anilines is 1. The lowest BCUT2D eigenvalue weighted by atomic mass is 10.2. The van der Waals surface area contributed by atoms with Crippen molar-refractivity contribution in [2.75, 3.05) is 5.32 Å². The summed E-state index contributed by atoms with van der Waals surface area (Å²) in [6.07, 6.45) is 2.00. The number of rotatable bonds is 5. The van der Waals surface area contributed by atoms with Crippen molar-refractivity contribution in [2.24, 2.45) is 7.05 Å². The van der Waals surface area contributed by atoms with E-state index in [1.165, 1.54) is 5.56 Å². The fourth-order valence-corrected chi connectivity index (χ4v) is 2.27. The van der Waals surface area contributed by atoms with Crippen LogP contribution >= 0.6 is 0 Å². The van der Waals surface area contributed by atoms with Crippen molar-refractivity contribution in [2.45, 2.75) is 13.5 Å². The van der Waals surface area contributed by atoms with Crippen molar-refractivity contribution in [3.05, 3.63) is 71.9 Å². The van der Waals surface area contributed by atoms with E-state index in [1.807, 2.05) is 67.3 Å². The first-order valence-electron chi connectivity index (χ1n) is 7.27. The lowest BCUT2D eigenvalue weighted by Crippen LogP contribution is -2.01. The highest BCUT2D eigenvalue weighted by molar-refractivity contribution is 5.43. The first-order valence-corrected chi connectivity index (χ1v) is 7.27. The summed E-state index contributed by atoms with van der Waals surface area (Å²) >= 11 is 0. The van der Waals surface area contributed by atoms with Crippen LogP contribution in [0.1, 0.15) is 11.1 Å². The van der Waals surface area contributed by atoms with Crippen LogP contribution in [-0.4, -0.2) is 9.78 Å². The Bertz CT molecular complexity index is 733. The summed E-state index contributed by atoms with van der Waals surface area (Å²) in [7, 11) is 1.92. The van der Waals surface area contributed by atoms with E-state index < -0.39 is 0 Å². The molecule has 0 fully saturated rings. The van der Waals surface area contributed by atoms with Crippen LogP contribution in [0.5, 0.6) is 11.5 Å². The summed E-state index contributed by atoms with van der Waals surface area (Å²) in [5.74, 6) is 2.61. The maximum atomic E-state index is 5.78. The van der Waals surface area contributed by atoms with Crippen molar-refractivity contribution < 1.29 is 4.74 Å². The third-order valence-electron chi connectivity index (χ3n) is 3.37. The molecular formula is C18H19N3O. The van der Waals surface area contributed by atoms with Crippen LogP contribution in [0.15, 0.2) is 60.8 Å². The number of hydrogen-bond acceptors (Lipinski definition) is 3. The lowest BCUT2D eigenvalue weighted by molar-refractivity contribution is 0.482. The molecule has 112 valence electrons. The number of hydrogen-bond donors (Lipinski definition) is 1. The highest BCUT2D eigenvalue weighted by atomic mass is 16.5. The second-order valence-electron chi connectivity index (χ2n) is 5.25. The van der Waals surface area contributed by atoms with Gasteiger partial charge in [0.2, 0.25) is 0 Å². The molecule has 2 aromatic carbocycles. The molecule has 0 atom stereocenters. The molecule has 0 saturated heterocycles. The number of ether oxygens (including phenoxy) is 1. The zero-order chi connectivity index (χ0) is 15.4. The van der Waals surface area contributed by atoms with Crippen LogP contribution < -0.4 is 10.1 Å². The molecule has 3 aromatic rings. The maximum absolute atomic E-state index is 5.78. The summed E-state index contributed by atoms with van der Waals surface area (Å²) < 4.78 is 7.60. The van der Waals surface area contributed by atoms with Gasteiger partial charge in [-0.15, -0.1) is 0 Å². The zero-order valence-electron chi connectivity index (χ0n) is 12.8. The van der Waals surface area contributed by atoms with Gasteiger partial charge in [-0.1, -0.05) is 30.3 Å². The first kappa shape index (κ1) is 14.2. The Morgan fingerprint density at radius 2 is 1.68 bits per heavy atom. The van der Waals surface area contributed by atoms with Crippen molar-refractivity contribution >= 4 is 5.82 Å². The van der Waals surface area contributed by atoms with Gasteiger partial charge in [-0.25, -0.2) is 0 Å². The number of nitrogens with zero attached hydrogens (tertiary/aromatic N) is 2. The molecule has 3 rings (SSSR count). The van der Waals surface area contributed by atoms with Crippen LogP contribution in [0, 0.1) is 6.92 Å². The molecule has 1 N–H and O–H groups in total. The molecule has 0 aliphatic rings. The number of para-hydroxylation sites is 1. The fourth-order valence-electron chi connectivity index (χ4n) is 2.27. The van der Waals surface area contributed by atoms with Crippen molar-refractivity contribution in [3.8, 4) is 11.5 Å². The van der Waals surface area contributed by atoms with E-state index in [1.54, 1.807) is 0 Å². The molecule has 4 nitrogen and oxygen atoms in total. The summed E-state index contributed by atoms with van der Waals surface area (Å²) in [6.45, 7) is 2.79. The minimum Gasteiger partial charge on any atom is -0.457 e. The number of nitrogens with one attached hydrogen (secondary N) is 1. The molecule has 1 aromatic heterocycles. The maximum Gasteiger partial charge on any atom is 0.151 e. The fraction of sp³-hybridized carbons (Fsp3) is 0.167. The third-order valence-corrected chi connectivity index (χ3v) is 3.37. The SMILES string of the molecule is Cc1cn(C)nc1NCc1ccc(Oc2ccccc2)cc1. The Morgan fingerprint density at radius 3 is 2.32 bits per heavy atom. The standard InChI is InChI=1S/C18H19N3O/c1-14-13-21(2)20-18(14)19-12-15-8-10-17(11-9-15)22-16-6-4-3-5-7-16/h3-11,13H,12H2,1-2H3,(H,19,20). The molecule has 0 aliphatic heterocycles. The Kier molecular flexibility index (Phi) is 4.10. The van der Waals surface area contributed by atoms with Gasteiger partial charge in [-0.2, -0.15) is 5.10 Å². The Balaban J connectivity index is 1.61. The van der Waals surface area contributed by atoms with Gasteiger partial charge in [0, 0.05) is 25.4 Å². The average molecular weight is 293 g/mol. The van der Waals surface area contributed by atoms with Crippen LogP contribution in [0.4, 0.5) is 5.82 Å². The Labute approximate surface area is 130 Å². The van der Waals surface area contributed by atoms with Gasteiger partial charge in [0.1, 0.15) is 11.5 Å². The van der Waals surface area contributed by atoms with Crippen LogP contribution in [0.2, 0.25) is 0 Å². The van der Waals surface area contributed by atoms with Gasteiger partial charge in [0.05, 0.1) is 0 Å². The van der Waals surface area contributed by atoms with Gasteiger partial charge in [0.25, 0.3) is 0 Å². The zero-order valence-corrected chi connectivity index (χ0v) is 12.8. The largest absolute Gasteiger partial charge is 0.457 e. The molecule has 4 heteroatoms. The molecule has 22 heavy (non-hydrogen) atoms. The smallest absolute Gasteiger partial charge is 0.151 e. The van der Waals surface area contributed by atoms with E-state index in [2.05, 4.69) is 22.5 Å². The second-order valence-corrected chi connectivity index (χ2v) is 5.25. The van der Waals surface area contributed by atoms with Gasteiger partial charge < -0.3 is 10.1 Å². The number of aryl methyl sites for hydroxylation is 2. The van der Waals surface area contributed by atoms with Crippen LogP contribution in [0.3, 0.4) is 0 Å². The van der Waals surface area contributed by atoms with Gasteiger partial charge in [0.15, 0.2) is 5.82 Å². The topological polar surface area (TPSA) is 39.1 Å². The monoisotopic (exact) mass is 293 g/mol. The second kappa shape index (κ2) is 6.35. The summed E-state index contributed by atoms with van der Waals surface area (Å²) in [4.78, 5) is 0. The van der Waals surface area contributed by atoms with E-state index >= 15 is 0 Å². The summed E-state index contributed by atoms with van der Waals surface area (Å²) in [6, 6.07) is 17.9. The third kappa shape index (κ3) is 3.47. The summed E-state index contributed by atoms with van der Waals surface area (Å²) in [5, 5.41) is 7.73. The molecule has 0 unspecified atom stereocenters. The molecule has 0 saturated carbocycles. The van der Waals surface area contributed by atoms with Crippen molar-refractivity contribution in [3.63, 3.8) is 0 Å². The molecular weight excluding hydrogens is 274 g/mol. The lowest BCUT2D eigenvalue weighted by Gasteiger charge is -2.08. The molecule has 0 bridgehead atoms. The summed E-state index contributed by atoms with van der Waals surface area (Å²) in [5.41, 5.74) is 2.33. The molecule has 0 aliphatic carbocycles. The predicted octanol–water partition coefficient (Wildman–Crippen LogP) is 4.13. The van der Waals surface area contributed by atoms with Gasteiger partial charge >= 0.3 is 0 Å². The quantitative estimate of drug-likeness (QED) is 0.768. The molecule has 1 heterocycles. The molecule has 0 amide bonds. The van der Waals surface area contributed by atoms with Gasteiger partial charge in [-0.3, -0.25) is 4.68 Å². The molecule has 0 radical (unpaired) electrons. The van der Waals surface area contributed by atoms with E-state index in [0.717, 1.165) is 29.4 Å². The van der Waals surface area contributed by atoms with E-state index in [9.17, 15) is 0 Å². The van der Waals surface area contributed by atoms with Crippen LogP contribution in [-0.2, 0) is 13.6 Å². The average Bonchev–Trinajstić information content (AvgIpc) is 2.85. The van der Waals surface area contributed by atoms with E-state index in [-0.39, 0.29) is 0 Å². The van der Waals surface area contributed by atoms with Crippen molar-refractivity contribution in [1.29, 1.82) is 0 Å². The first-order chi connectivity index (χ1) is 10.7. The normalized spacial score (nSPS) is 10.5. The minimum absolute atomic E-state index is 0.740. The van der Waals surface area contributed by atoms with Gasteiger partial charge in [-0.05, 0) is 36.8 Å². The minimum atomic E-state index is 0.740. The highest BCUT2D eigenvalue weighted by Crippen LogP contribution is 2.21. The van der Waals surface area contributed by atoms with E-state index in [4.69, 9.17) is 4.74 Å². The number of aromatic nitrogens is 2. The Morgan fingerprint density at radius 1 is 1.00 bits per heavy atom. The predicted molar refractivity (Wildman–Crippen MR) is 88.2 cm³/mol. The Hall–Kier alpha value is -2.75. The number of benzene rings is 2. The highest BCUT2D eigenvalue weighted by Gasteiger charge is 2.03. The van der Waals surface area contributed by atoms with Crippen molar-refractivity contribution in [1.82, 2.24) is 9.78 Å². The van der Waals surface area contributed by atoms with E-state index in [0.29, 0.717) is 0 Å². The molecule has 0 spiro atoms. The van der Waals surface area contributed by atoms with Crippen LogP contribution in [0.25, 0.3) is 0 Å².